The Morgan fingerprint density at radius 1 is 0.696 bits per heavy atom. The van der Waals surface area contributed by atoms with Gasteiger partial charge in [-0.3, -0.25) is 0 Å². The van der Waals surface area contributed by atoms with Gasteiger partial charge in [-0.05, 0) is 47.4 Å². The maximum atomic E-state index is 9.21. The highest BCUT2D eigenvalue weighted by Crippen LogP contribution is 2.28. The zero-order valence-electron chi connectivity index (χ0n) is 12.9. The topological polar surface area (TPSA) is 79.2 Å². The van der Waals surface area contributed by atoms with Crippen LogP contribution in [0, 0.1) is 0 Å². The van der Waals surface area contributed by atoms with Gasteiger partial charge in [0.05, 0.1) is 13.2 Å². The third-order valence-electron chi connectivity index (χ3n) is 3.34. The standard InChI is InChI=1S/C18H22O5/c19-8-7-16-13-15(3-6-18(16)23-12-10-21)14-1-4-17(5-2-14)22-11-9-20/h1-6,13,19-21H,7-12H2. The smallest absolute Gasteiger partial charge is 0.122 e. The van der Waals surface area contributed by atoms with E-state index in [4.69, 9.17) is 19.7 Å². The first-order valence-electron chi connectivity index (χ1n) is 7.60. The summed E-state index contributed by atoms with van der Waals surface area (Å²) in [7, 11) is 0. The van der Waals surface area contributed by atoms with Crippen LogP contribution in [0.4, 0.5) is 0 Å². The molecule has 0 bridgehead atoms. The van der Waals surface area contributed by atoms with Gasteiger partial charge >= 0.3 is 0 Å². The zero-order valence-corrected chi connectivity index (χ0v) is 12.9. The van der Waals surface area contributed by atoms with Gasteiger partial charge < -0.3 is 24.8 Å². The Morgan fingerprint density at radius 2 is 1.35 bits per heavy atom. The normalized spacial score (nSPS) is 10.6. The van der Waals surface area contributed by atoms with Crippen LogP contribution in [0.25, 0.3) is 11.1 Å². The van der Waals surface area contributed by atoms with Crippen LogP contribution >= 0.6 is 0 Å². The molecular weight excluding hydrogens is 296 g/mol. The summed E-state index contributed by atoms with van der Waals surface area (Å²) in [5.74, 6) is 1.39. The molecule has 0 heterocycles. The number of ether oxygens (including phenoxy) is 2. The maximum Gasteiger partial charge on any atom is 0.122 e. The van der Waals surface area contributed by atoms with Crippen molar-refractivity contribution in [1.29, 1.82) is 0 Å². The van der Waals surface area contributed by atoms with E-state index in [-0.39, 0.29) is 33.0 Å². The molecule has 0 aromatic heterocycles. The van der Waals surface area contributed by atoms with Gasteiger partial charge in [-0.2, -0.15) is 0 Å². The van der Waals surface area contributed by atoms with E-state index >= 15 is 0 Å². The first-order valence-corrected chi connectivity index (χ1v) is 7.60. The molecule has 3 N–H and O–H groups in total. The Morgan fingerprint density at radius 3 is 2.00 bits per heavy atom. The van der Waals surface area contributed by atoms with E-state index < -0.39 is 0 Å². The third kappa shape index (κ3) is 4.96. The molecule has 0 atom stereocenters. The van der Waals surface area contributed by atoms with Gasteiger partial charge in [0.25, 0.3) is 0 Å². The Labute approximate surface area is 135 Å². The van der Waals surface area contributed by atoms with E-state index in [0.29, 0.717) is 17.9 Å². The fourth-order valence-corrected chi connectivity index (χ4v) is 2.28. The minimum absolute atomic E-state index is 0.0123. The average molecular weight is 318 g/mol. The average Bonchev–Trinajstić information content (AvgIpc) is 2.59. The number of hydrogen-bond donors (Lipinski definition) is 3. The van der Waals surface area contributed by atoms with Gasteiger partial charge in [0.15, 0.2) is 0 Å². The Hall–Kier alpha value is -2.08. The molecule has 23 heavy (non-hydrogen) atoms. The van der Waals surface area contributed by atoms with E-state index in [0.717, 1.165) is 16.7 Å². The Balaban J connectivity index is 2.19. The summed E-state index contributed by atoms with van der Waals surface area (Å²) in [5.41, 5.74) is 2.94. The van der Waals surface area contributed by atoms with Crippen molar-refractivity contribution in [3.05, 3.63) is 48.0 Å². The second-order valence-corrected chi connectivity index (χ2v) is 4.96. The molecule has 124 valence electrons. The highest BCUT2D eigenvalue weighted by Gasteiger charge is 2.07. The van der Waals surface area contributed by atoms with Crippen LogP contribution in [-0.2, 0) is 6.42 Å². The predicted octanol–water partition coefficient (Wildman–Crippen LogP) is 1.63. The van der Waals surface area contributed by atoms with Crippen molar-refractivity contribution in [2.24, 2.45) is 0 Å². The molecule has 0 spiro atoms. The van der Waals surface area contributed by atoms with Crippen molar-refractivity contribution in [2.75, 3.05) is 33.0 Å². The molecule has 0 radical (unpaired) electrons. The Kier molecular flexibility index (Phi) is 6.87. The van der Waals surface area contributed by atoms with Crippen molar-refractivity contribution in [1.82, 2.24) is 0 Å². The monoisotopic (exact) mass is 318 g/mol. The molecule has 2 aromatic rings. The molecule has 5 nitrogen and oxygen atoms in total. The first-order chi connectivity index (χ1) is 11.3. The largest absolute Gasteiger partial charge is 0.491 e. The molecule has 5 heteroatoms. The van der Waals surface area contributed by atoms with Gasteiger partial charge in [0.2, 0.25) is 0 Å². The van der Waals surface area contributed by atoms with E-state index in [1.54, 1.807) is 0 Å². The van der Waals surface area contributed by atoms with Crippen LogP contribution < -0.4 is 9.47 Å². The van der Waals surface area contributed by atoms with Gasteiger partial charge in [-0.1, -0.05) is 18.2 Å². The highest BCUT2D eigenvalue weighted by atomic mass is 16.5. The quantitative estimate of drug-likeness (QED) is 0.655. The number of aliphatic hydroxyl groups excluding tert-OH is 3. The molecular formula is C18H22O5. The van der Waals surface area contributed by atoms with Crippen LogP contribution in [0.5, 0.6) is 11.5 Å². The molecule has 0 unspecified atom stereocenters. The summed E-state index contributed by atoms with van der Waals surface area (Å²) in [4.78, 5) is 0. The van der Waals surface area contributed by atoms with Gasteiger partial charge in [0.1, 0.15) is 24.7 Å². The third-order valence-corrected chi connectivity index (χ3v) is 3.34. The highest BCUT2D eigenvalue weighted by molar-refractivity contribution is 5.66. The van der Waals surface area contributed by atoms with E-state index in [2.05, 4.69) is 0 Å². The summed E-state index contributed by atoms with van der Waals surface area (Å²) in [6.07, 6.45) is 0.492. The maximum absolute atomic E-state index is 9.21. The number of hydrogen-bond acceptors (Lipinski definition) is 5. The second kappa shape index (κ2) is 9.15. The van der Waals surface area contributed by atoms with Crippen LogP contribution in [0.2, 0.25) is 0 Å². The zero-order chi connectivity index (χ0) is 16.5. The molecule has 0 aliphatic rings. The van der Waals surface area contributed by atoms with Crippen molar-refractivity contribution in [2.45, 2.75) is 6.42 Å². The lowest BCUT2D eigenvalue weighted by Crippen LogP contribution is -2.05. The summed E-state index contributed by atoms with van der Waals surface area (Å²) >= 11 is 0. The van der Waals surface area contributed by atoms with Gasteiger partial charge in [0, 0.05) is 6.61 Å². The van der Waals surface area contributed by atoms with E-state index in [1.807, 2.05) is 42.5 Å². The molecule has 0 fully saturated rings. The fourth-order valence-electron chi connectivity index (χ4n) is 2.28. The summed E-state index contributed by atoms with van der Waals surface area (Å²) in [6, 6.07) is 13.4. The SMILES string of the molecule is OCCOc1ccc(-c2ccc(OCCO)c(CCO)c2)cc1. The number of benzene rings is 2. The lowest BCUT2D eigenvalue weighted by atomic mass is 10.0. The number of rotatable bonds is 9. The van der Waals surface area contributed by atoms with E-state index in [9.17, 15) is 5.11 Å². The molecule has 0 aliphatic heterocycles. The summed E-state index contributed by atoms with van der Waals surface area (Å²) in [5, 5.41) is 26.8. The minimum atomic E-state index is -0.0460. The van der Waals surface area contributed by atoms with E-state index in [1.165, 1.54) is 0 Å². The van der Waals surface area contributed by atoms with Crippen LogP contribution in [-0.4, -0.2) is 48.4 Å². The van der Waals surface area contributed by atoms with Gasteiger partial charge in [-0.25, -0.2) is 0 Å². The van der Waals surface area contributed by atoms with Crippen molar-refractivity contribution in [3.8, 4) is 22.6 Å². The molecule has 0 aliphatic carbocycles. The Bertz CT molecular complexity index is 595. The van der Waals surface area contributed by atoms with Crippen molar-refractivity contribution in [3.63, 3.8) is 0 Å². The molecule has 2 rings (SSSR count). The first kappa shape index (κ1) is 17.3. The molecule has 0 amide bonds. The van der Waals surface area contributed by atoms with Crippen molar-refractivity contribution >= 4 is 0 Å². The van der Waals surface area contributed by atoms with Crippen LogP contribution in [0.3, 0.4) is 0 Å². The second-order valence-electron chi connectivity index (χ2n) is 4.96. The molecule has 0 saturated carbocycles. The minimum Gasteiger partial charge on any atom is -0.491 e. The van der Waals surface area contributed by atoms with Crippen LogP contribution in [0.1, 0.15) is 5.56 Å². The predicted molar refractivity (Wildman–Crippen MR) is 87.8 cm³/mol. The number of aliphatic hydroxyl groups is 3. The van der Waals surface area contributed by atoms with Gasteiger partial charge in [-0.15, -0.1) is 0 Å². The fraction of sp³-hybridized carbons (Fsp3) is 0.333. The summed E-state index contributed by atoms with van der Waals surface area (Å²) in [6.45, 7) is 0.482. The van der Waals surface area contributed by atoms with Crippen molar-refractivity contribution < 1.29 is 24.8 Å². The lowest BCUT2D eigenvalue weighted by Gasteiger charge is -2.12. The van der Waals surface area contributed by atoms with Crippen LogP contribution in [0.15, 0.2) is 42.5 Å². The molecule has 2 aromatic carbocycles. The summed E-state index contributed by atoms with van der Waals surface area (Å²) < 4.78 is 10.8. The molecule has 0 saturated heterocycles. The lowest BCUT2D eigenvalue weighted by molar-refractivity contribution is 0.199.